The Morgan fingerprint density at radius 1 is 1.29 bits per heavy atom. The highest BCUT2D eigenvalue weighted by molar-refractivity contribution is 9.10. The van der Waals surface area contributed by atoms with Gasteiger partial charge in [0.05, 0.1) is 15.4 Å². The molecule has 0 radical (unpaired) electrons. The summed E-state index contributed by atoms with van der Waals surface area (Å²) in [5.41, 5.74) is 8.46. The van der Waals surface area contributed by atoms with Crippen LogP contribution in [0.2, 0.25) is 0 Å². The lowest BCUT2D eigenvalue weighted by atomic mass is 9.95. The van der Waals surface area contributed by atoms with E-state index in [0.717, 1.165) is 32.8 Å². The first-order valence-electron chi connectivity index (χ1n) is 6.71. The van der Waals surface area contributed by atoms with Gasteiger partial charge in [-0.25, -0.2) is 0 Å². The molecule has 0 saturated carbocycles. The molecule has 1 aliphatic rings. The molecule has 0 fully saturated rings. The van der Waals surface area contributed by atoms with Crippen LogP contribution in [0.4, 0.5) is 5.00 Å². The highest BCUT2D eigenvalue weighted by Gasteiger charge is 2.24. The highest BCUT2D eigenvalue weighted by Crippen LogP contribution is 2.42. The molecule has 7 heteroatoms. The molecule has 0 saturated heterocycles. The average molecular weight is 382 g/mol. The summed E-state index contributed by atoms with van der Waals surface area (Å²) in [4.78, 5) is 6.91. The second-order valence-corrected chi connectivity index (χ2v) is 7.97. The van der Waals surface area contributed by atoms with E-state index in [2.05, 4.69) is 26.1 Å². The van der Waals surface area contributed by atoms with Crippen LogP contribution < -0.4 is 5.73 Å². The van der Waals surface area contributed by atoms with Crippen molar-refractivity contribution in [3.8, 4) is 22.2 Å². The van der Waals surface area contributed by atoms with E-state index in [0.29, 0.717) is 11.7 Å². The van der Waals surface area contributed by atoms with Gasteiger partial charge in [-0.2, -0.15) is 4.98 Å². The van der Waals surface area contributed by atoms with Gasteiger partial charge in [0.25, 0.3) is 5.89 Å². The molecular weight excluding hydrogens is 370 g/mol. The number of nitrogen functional groups attached to an aromatic ring is 1. The monoisotopic (exact) mass is 381 g/mol. The van der Waals surface area contributed by atoms with E-state index in [1.807, 2.05) is 11.4 Å². The highest BCUT2D eigenvalue weighted by atomic mass is 79.9. The Morgan fingerprint density at radius 3 is 2.95 bits per heavy atom. The first-order chi connectivity index (χ1) is 10.2. The molecule has 0 bridgehead atoms. The molecule has 0 amide bonds. The maximum absolute atomic E-state index is 6.19. The number of aromatic nitrogens is 2. The minimum atomic E-state index is 0.548. The van der Waals surface area contributed by atoms with Gasteiger partial charge >= 0.3 is 0 Å². The Hall–Kier alpha value is -1.18. The molecular formula is C14H12BrN3OS2. The molecule has 0 aliphatic heterocycles. The van der Waals surface area contributed by atoms with Gasteiger partial charge in [0.15, 0.2) is 0 Å². The molecule has 21 heavy (non-hydrogen) atoms. The minimum Gasteiger partial charge on any atom is -0.390 e. The summed E-state index contributed by atoms with van der Waals surface area (Å²) in [5.74, 6) is 1.17. The maximum Gasteiger partial charge on any atom is 0.261 e. The zero-order valence-corrected chi connectivity index (χ0v) is 14.3. The number of aryl methyl sites for hydroxylation is 1. The SMILES string of the molecule is Nc1sc2c(c1-c1nc(-c3cc(Br)cs3)no1)CCCC2. The molecule has 0 aromatic carbocycles. The van der Waals surface area contributed by atoms with Crippen molar-refractivity contribution in [1.82, 2.24) is 10.1 Å². The third kappa shape index (κ3) is 2.33. The molecule has 4 rings (SSSR count). The van der Waals surface area contributed by atoms with Gasteiger partial charge in [0.1, 0.15) is 0 Å². The van der Waals surface area contributed by atoms with Crippen LogP contribution in [0.1, 0.15) is 23.3 Å². The normalized spacial score (nSPS) is 14.3. The third-order valence-corrected chi connectivity index (χ3v) is 6.43. The number of fused-ring (bicyclic) bond motifs is 1. The summed E-state index contributed by atoms with van der Waals surface area (Å²) in [6.07, 6.45) is 4.61. The van der Waals surface area contributed by atoms with Gasteiger partial charge in [-0.1, -0.05) is 5.16 Å². The average Bonchev–Trinajstić information content (AvgIpc) is 3.15. The summed E-state index contributed by atoms with van der Waals surface area (Å²) in [5, 5.41) is 6.90. The smallest absolute Gasteiger partial charge is 0.261 e. The number of hydrogen-bond acceptors (Lipinski definition) is 6. The van der Waals surface area contributed by atoms with Crippen molar-refractivity contribution in [1.29, 1.82) is 0 Å². The summed E-state index contributed by atoms with van der Waals surface area (Å²) in [6, 6.07) is 1.99. The van der Waals surface area contributed by atoms with Crippen molar-refractivity contribution in [2.24, 2.45) is 0 Å². The zero-order valence-electron chi connectivity index (χ0n) is 11.1. The number of halogens is 1. The van der Waals surface area contributed by atoms with Crippen molar-refractivity contribution in [2.75, 3.05) is 5.73 Å². The number of nitrogens with zero attached hydrogens (tertiary/aromatic N) is 2. The molecule has 3 aromatic rings. The first-order valence-corrected chi connectivity index (χ1v) is 9.20. The van der Waals surface area contributed by atoms with Crippen molar-refractivity contribution >= 4 is 43.6 Å². The molecule has 4 nitrogen and oxygen atoms in total. The van der Waals surface area contributed by atoms with E-state index >= 15 is 0 Å². The second kappa shape index (κ2) is 5.23. The summed E-state index contributed by atoms with van der Waals surface area (Å²) in [6.45, 7) is 0. The zero-order chi connectivity index (χ0) is 14.4. The molecule has 2 N–H and O–H groups in total. The minimum absolute atomic E-state index is 0.548. The lowest BCUT2D eigenvalue weighted by Gasteiger charge is -2.10. The Labute approximate surface area is 138 Å². The number of nitrogens with two attached hydrogens (primary N) is 1. The Kier molecular flexibility index (Phi) is 3.35. The van der Waals surface area contributed by atoms with E-state index in [1.54, 1.807) is 22.7 Å². The standard InChI is InChI=1S/C14H12BrN3OS2/c15-7-5-10(20-6-7)13-17-14(19-18-13)11-8-3-1-2-4-9(8)21-12(11)16/h5-6H,1-4,16H2. The molecule has 1 aliphatic carbocycles. The van der Waals surface area contributed by atoms with Crippen molar-refractivity contribution < 1.29 is 4.52 Å². The molecule has 108 valence electrons. The van der Waals surface area contributed by atoms with Gasteiger partial charge in [0, 0.05) is 14.7 Å². The quantitative estimate of drug-likeness (QED) is 0.695. The number of thiophene rings is 2. The van der Waals surface area contributed by atoms with Crippen LogP contribution in [-0.2, 0) is 12.8 Å². The molecule has 0 atom stereocenters. The van der Waals surface area contributed by atoms with E-state index in [4.69, 9.17) is 10.3 Å². The fourth-order valence-electron chi connectivity index (χ4n) is 2.68. The fraction of sp³-hybridized carbons (Fsp3) is 0.286. The lowest BCUT2D eigenvalue weighted by Crippen LogP contribution is -1.99. The summed E-state index contributed by atoms with van der Waals surface area (Å²) in [7, 11) is 0. The van der Waals surface area contributed by atoms with Gasteiger partial charge in [-0.05, 0) is 53.2 Å². The maximum atomic E-state index is 6.19. The van der Waals surface area contributed by atoms with E-state index in [-0.39, 0.29) is 0 Å². The predicted molar refractivity (Wildman–Crippen MR) is 89.7 cm³/mol. The van der Waals surface area contributed by atoms with Crippen LogP contribution in [0.3, 0.4) is 0 Å². The van der Waals surface area contributed by atoms with Crippen molar-refractivity contribution in [3.05, 3.63) is 26.4 Å². The van der Waals surface area contributed by atoms with Crippen LogP contribution >= 0.6 is 38.6 Å². The Morgan fingerprint density at radius 2 is 2.14 bits per heavy atom. The van der Waals surface area contributed by atoms with E-state index in [9.17, 15) is 0 Å². The molecule has 0 spiro atoms. The Bertz CT molecular complexity index is 805. The summed E-state index contributed by atoms with van der Waals surface area (Å²) >= 11 is 6.69. The van der Waals surface area contributed by atoms with Gasteiger partial charge < -0.3 is 10.3 Å². The fourth-order valence-corrected chi connectivity index (χ4v) is 5.18. The Balaban J connectivity index is 1.78. The molecule has 3 heterocycles. The van der Waals surface area contributed by atoms with E-state index in [1.165, 1.54) is 23.3 Å². The lowest BCUT2D eigenvalue weighted by molar-refractivity contribution is 0.432. The topological polar surface area (TPSA) is 64.9 Å². The first kappa shape index (κ1) is 13.5. The van der Waals surface area contributed by atoms with E-state index < -0.39 is 0 Å². The van der Waals surface area contributed by atoms with Crippen LogP contribution in [0.15, 0.2) is 20.4 Å². The number of anilines is 1. The molecule has 0 unspecified atom stereocenters. The van der Waals surface area contributed by atoms with Crippen LogP contribution in [0.5, 0.6) is 0 Å². The second-order valence-electron chi connectivity index (χ2n) is 5.00. The van der Waals surface area contributed by atoms with Gasteiger partial charge in [-0.15, -0.1) is 22.7 Å². The largest absolute Gasteiger partial charge is 0.390 e. The molecule has 3 aromatic heterocycles. The number of rotatable bonds is 2. The third-order valence-electron chi connectivity index (χ3n) is 3.63. The van der Waals surface area contributed by atoms with Crippen LogP contribution in [0, 0.1) is 0 Å². The predicted octanol–water partition coefficient (Wildman–Crippen LogP) is 4.75. The van der Waals surface area contributed by atoms with Crippen LogP contribution in [0.25, 0.3) is 22.2 Å². The van der Waals surface area contributed by atoms with Gasteiger partial charge in [0.2, 0.25) is 5.82 Å². The summed E-state index contributed by atoms with van der Waals surface area (Å²) < 4.78 is 6.51. The number of hydrogen-bond donors (Lipinski definition) is 1. The van der Waals surface area contributed by atoms with Gasteiger partial charge in [-0.3, -0.25) is 0 Å². The van der Waals surface area contributed by atoms with Crippen molar-refractivity contribution in [3.63, 3.8) is 0 Å². The van der Waals surface area contributed by atoms with Crippen molar-refractivity contribution in [2.45, 2.75) is 25.7 Å². The van der Waals surface area contributed by atoms with Crippen LogP contribution in [-0.4, -0.2) is 10.1 Å².